The Bertz CT molecular complexity index is 878. The first-order valence-corrected chi connectivity index (χ1v) is 9.03. The van der Waals surface area contributed by atoms with Gasteiger partial charge in [0, 0.05) is 51.0 Å². The zero-order valence-corrected chi connectivity index (χ0v) is 16.0. The Balaban J connectivity index is 1.92. The van der Waals surface area contributed by atoms with E-state index in [9.17, 15) is 0 Å². The van der Waals surface area contributed by atoms with Crippen molar-refractivity contribution in [2.75, 3.05) is 32.2 Å². The molecule has 1 aromatic carbocycles. The van der Waals surface area contributed by atoms with E-state index in [4.69, 9.17) is 14.5 Å². The molecule has 142 valence electrons. The highest BCUT2D eigenvalue weighted by molar-refractivity contribution is 5.78. The van der Waals surface area contributed by atoms with Gasteiger partial charge < -0.3 is 19.4 Å². The SMILES string of the molecule is CCOCCCNc1ncc(-c2cccc(OC)c2)c(-c2nccn2C)n1. The van der Waals surface area contributed by atoms with Gasteiger partial charge in [-0.25, -0.2) is 15.0 Å². The Labute approximate surface area is 159 Å². The van der Waals surface area contributed by atoms with E-state index in [1.807, 2.05) is 55.2 Å². The van der Waals surface area contributed by atoms with Crippen LogP contribution in [0.1, 0.15) is 13.3 Å². The van der Waals surface area contributed by atoms with E-state index in [0.29, 0.717) is 5.95 Å². The van der Waals surface area contributed by atoms with Gasteiger partial charge in [0.05, 0.1) is 7.11 Å². The van der Waals surface area contributed by atoms with Crippen molar-refractivity contribution in [1.82, 2.24) is 19.5 Å². The molecule has 0 aliphatic heterocycles. The number of nitrogens with one attached hydrogen (secondary N) is 1. The lowest BCUT2D eigenvalue weighted by molar-refractivity contribution is 0.147. The molecule has 0 spiro atoms. The minimum atomic E-state index is 0.580. The molecule has 7 nitrogen and oxygen atoms in total. The summed E-state index contributed by atoms with van der Waals surface area (Å²) in [7, 11) is 3.61. The van der Waals surface area contributed by atoms with Crippen LogP contribution in [0, 0.1) is 0 Å². The second-order valence-electron chi connectivity index (χ2n) is 6.03. The molecule has 27 heavy (non-hydrogen) atoms. The molecular weight excluding hydrogens is 342 g/mol. The number of benzene rings is 1. The largest absolute Gasteiger partial charge is 0.497 e. The van der Waals surface area contributed by atoms with Gasteiger partial charge in [0.15, 0.2) is 5.82 Å². The van der Waals surface area contributed by atoms with Crippen LogP contribution in [-0.4, -0.2) is 46.4 Å². The highest BCUT2D eigenvalue weighted by Crippen LogP contribution is 2.31. The van der Waals surface area contributed by atoms with Gasteiger partial charge >= 0.3 is 0 Å². The normalized spacial score (nSPS) is 10.8. The van der Waals surface area contributed by atoms with E-state index in [0.717, 1.165) is 54.6 Å². The summed E-state index contributed by atoms with van der Waals surface area (Å²) in [5.74, 6) is 2.15. The molecule has 0 amide bonds. The van der Waals surface area contributed by atoms with Gasteiger partial charge in [-0.05, 0) is 31.0 Å². The maximum absolute atomic E-state index is 5.36. The summed E-state index contributed by atoms with van der Waals surface area (Å²) in [5.41, 5.74) is 2.66. The lowest BCUT2D eigenvalue weighted by Gasteiger charge is -2.12. The Morgan fingerprint density at radius 3 is 2.85 bits per heavy atom. The minimum Gasteiger partial charge on any atom is -0.497 e. The molecule has 0 saturated carbocycles. The van der Waals surface area contributed by atoms with Crippen LogP contribution in [0.2, 0.25) is 0 Å². The molecule has 3 rings (SSSR count). The Hall–Kier alpha value is -2.93. The summed E-state index contributed by atoms with van der Waals surface area (Å²) in [5, 5.41) is 3.26. The van der Waals surface area contributed by atoms with Crippen molar-refractivity contribution in [3.63, 3.8) is 0 Å². The second kappa shape index (κ2) is 9.14. The maximum atomic E-state index is 5.36. The van der Waals surface area contributed by atoms with E-state index < -0.39 is 0 Å². The standard InChI is InChI=1S/C20H25N5O2/c1-4-27-12-6-9-22-20-23-14-17(15-7-5-8-16(13-15)26-3)18(24-20)19-21-10-11-25(19)2/h5,7-8,10-11,13-14H,4,6,9,12H2,1-3H3,(H,22,23,24). The van der Waals surface area contributed by atoms with Crippen molar-refractivity contribution in [1.29, 1.82) is 0 Å². The fraction of sp³-hybridized carbons (Fsp3) is 0.350. The van der Waals surface area contributed by atoms with Crippen LogP contribution < -0.4 is 10.1 Å². The zero-order chi connectivity index (χ0) is 19.1. The van der Waals surface area contributed by atoms with E-state index in [2.05, 4.69) is 15.3 Å². The summed E-state index contributed by atoms with van der Waals surface area (Å²) in [6.07, 6.45) is 6.40. The number of hydrogen-bond acceptors (Lipinski definition) is 6. The number of hydrogen-bond donors (Lipinski definition) is 1. The molecule has 0 aliphatic carbocycles. The van der Waals surface area contributed by atoms with Crippen LogP contribution in [0.25, 0.3) is 22.6 Å². The van der Waals surface area contributed by atoms with E-state index in [1.54, 1.807) is 13.3 Å². The van der Waals surface area contributed by atoms with Gasteiger partial charge in [-0.3, -0.25) is 0 Å². The average Bonchev–Trinajstić information content (AvgIpc) is 3.13. The zero-order valence-electron chi connectivity index (χ0n) is 16.0. The number of aromatic nitrogens is 4. The molecule has 0 atom stereocenters. The number of rotatable bonds is 9. The van der Waals surface area contributed by atoms with Crippen molar-refractivity contribution in [3.8, 4) is 28.4 Å². The maximum Gasteiger partial charge on any atom is 0.223 e. The first-order chi connectivity index (χ1) is 13.2. The van der Waals surface area contributed by atoms with Gasteiger partial charge in [-0.15, -0.1) is 0 Å². The number of methoxy groups -OCH3 is 1. The van der Waals surface area contributed by atoms with Crippen LogP contribution in [0.4, 0.5) is 5.95 Å². The first-order valence-electron chi connectivity index (χ1n) is 9.03. The summed E-state index contributed by atoms with van der Waals surface area (Å²) in [4.78, 5) is 13.7. The van der Waals surface area contributed by atoms with E-state index in [1.165, 1.54) is 0 Å². The topological polar surface area (TPSA) is 74.1 Å². The molecule has 0 bridgehead atoms. The number of nitrogens with zero attached hydrogens (tertiary/aromatic N) is 4. The molecule has 0 fully saturated rings. The van der Waals surface area contributed by atoms with Crippen LogP contribution in [0.15, 0.2) is 42.9 Å². The summed E-state index contributed by atoms with van der Waals surface area (Å²) in [6.45, 7) is 4.19. The van der Waals surface area contributed by atoms with Crippen LogP contribution in [-0.2, 0) is 11.8 Å². The molecule has 2 aromatic heterocycles. The molecular formula is C20H25N5O2. The van der Waals surface area contributed by atoms with Gasteiger partial charge in [0.2, 0.25) is 5.95 Å². The third-order valence-electron chi connectivity index (χ3n) is 4.16. The van der Waals surface area contributed by atoms with Crippen LogP contribution >= 0.6 is 0 Å². The van der Waals surface area contributed by atoms with Gasteiger partial charge in [-0.2, -0.15) is 0 Å². The number of aryl methyl sites for hydroxylation is 1. The quantitative estimate of drug-likeness (QED) is 0.585. The van der Waals surface area contributed by atoms with E-state index in [-0.39, 0.29) is 0 Å². The van der Waals surface area contributed by atoms with Crippen molar-refractivity contribution in [3.05, 3.63) is 42.9 Å². The van der Waals surface area contributed by atoms with Crippen LogP contribution in [0.5, 0.6) is 5.75 Å². The van der Waals surface area contributed by atoms with Gasteiger partial charge in [-0.1, -0.05) is 12.1 Å². The average molecular weight is 367 g/mol. The smallest absolute Gasteiger partial charge is 0.223 e. The highest BCUT2D eigenvalue weighted by Gasteiger charge is 2.15. The number of anilines is 1. The Morgan fingerprint density at radius 1 is 1.22 bits per heavy atom. The fourth-order valence-electron chi connectivity index (χ4n) is 2.75. The second-order valence-corrected chi connectivity index (χ2v) is 6.03. The lowest BCUT2D eigenvalue weighted by atomic mass is 10.0. The highest BCUT2D eigenvalue weighted by atomic mass is 16.5. The first kappa shape index (κ1) is 18.8. The third kappa shape index (κ3) is 4.62. The summed E-state index contributed by atoms with van der Waals surface area (Å²) >= 11 is 0. The number of ether oxygens (including phenoxy) is 2. The van der Waals surface area contributed by atoms with Crippen molar-refractivity contribution >= 4 is 5.95 Å². The molecule has 0 aliphatic rings. The fourth-order valence-corrected chi connectivity index (χ4v) is 2.75. The molecule has 7 heteroatoms. The molecule has 0 radical (unpaired) electrons. The third-order valence-corrected chi connectivity index (χ3v) is 4.16. The van der Waals surface area contributed by atoms with Gasteiger partial charge in [0.1, 0.15) is 11.4 Å². The van der Waals surface area contributed by atoms with Gasteiger partial charge in [0.25, 0.3) is 0 Å². The molecule has 3 aromatic rings. The monoisotopic (exact) mass is 367 g/mol. The molecule has 1 N–H and O–H groups in total. The predicted octanol–water partition coefficient (Wildman–Crippen LogP) is 3.39. The van der Waals surface area contributed by atoms with Crippen molar-refractivity contribution < 1.29 is 9.47 Å². The molecule has 0 unspecified atom stereocenters. The lowest BCUT2D eigenvalue weighted by Crippen LogP contribution is -2.09. The van der Waals surface area contributed by atoms with Crippen LogP contribution in [0.3, 0.4) is 0 Å². The van der Waals surface area contributed by atoms with Crippen molar-refractivity contribution in [2.45, 2.75) is 13.3 Å². The minimum absolute atomic E-state index is 0.580. The Morgan fingerprint density at radius 2 is 2.11 bits per heavy atom. The molecule has 0 saturated heterocycles. The predicted molar refractivity (Wildman–Crippen MR) is 106 cm³/mol. The number of imidazole rings is 1. The van der Waals surface area contributed by atoms with Crippen molar-refractivity contribution in [2.24, 2.45) is 7.05 Å². The summed E-state index contributed by atoms with van der Waals surface area (Å²) < 4.78 is 12.7. The Kier molecular flexibility index (Phi) is 6.38. The summed E-state index contributed by atoms with van der Waals surface area (Å²) in [6, 6.07) is 7.86. The molecule has 2 heterocycles. The van der Waals surface area contributed by atoms with E-state index >= 15 is 0 Å².